The van der Waals surface area contributed by atoms with Gasteiger partial charge in [0.1, 0.15) is 0 Å². The first-order valence-corrected chi connectivity index (χ1v) is 13.8. The van der Waals surface area contributed by atoms with Crippen molar-refractivity contribution in [1.82, 2.24) is 0 Å². The molecule has 0 bridgehead atoms. The summed E-state index contributed by atoms with van der Waals surface area (Å²) in [5, 5.41) is 5.49. The van der Waals surface area contributed by atoms with E-state index in [4.69, 9.17) is 0 Å². The fraction of sp³-hybridized carbons (Fsp3) is 0.438. The maximum atomic E-state index is 3.37. The molecule has 0 aromatic heterocycles. The Morgan fingerprint density at radius 2 is 1.23 bits per heavy atom. The summed E-state index contributed by atoms with van der Waals surface area (Å²) in [5.41, 5.74) is 6.03. The topological polar surface area (TPSA) is 0 Å². The van der Waals surface area contributed by atoms with Gasteiger partial charge in [-0.15, -0.1) is 39.7 Å². The van der Waals surface area contributed by atoms with Crippen LogP contribution >= 0.6 is 0 Å². The molecule has 0 amide bonds. The van der Waals surface area contributed by atoms with E-state index in [1.807, 2.05) is 0 Å². The van der Waals surface area contributed by atoms with Gasteiger partial charge in [0, 0.05) is 0 Å². The van der Waals surface area contributed by atoms with Crippen molar-refractivity contribution in [2.24, 2.45) is 11.8 Å². The molecule has 0 saturated heterocycles. The second kappa shape index (κ2) is 13.6. The zero-order valence-electron chi connectivity index (χ0n) is 23.2. The third kappa shape index (κ3) is 8.59. The van der Waals surface area contributed by atoms with Crippen LogP contribution in [0, 0.1) is 17.9 Å². The number of halogens is 2. The van der Waals surface area contributed by atoms with Gasteiger partial charge in [0.15, 0.2) is 0 Å². The molecule has 190 valence electrons. The van der Waals surface area contributed by atoms with Crippen molar-refractivity contribution in [3.63, 3.8) is 0 Å². The summed E-state index contributed by atoms with van der Waals surface area (Å²) in [6.07, 6.45) is 5.68. The van der Waals surface area contributed by atoms with Crippen LogP contribution in [0.1, 0.15) is 80.4 Å². The molecule has 0 saturated carbocycles. The summed E-state index contributed by atoms with van der Waals surface area (Å²) in [4.78, 5) is 0. The van der Waals surface area contributed by atoms with Crippen molar-refractivity contribution in [1.29, 1.82) is 0 Å². The van der Waals surface area contributed by atoms with Crippen molar-refractivity contribution in [2.45, 2.75) is 80.1 Å². The quantitative estimate of drug-likeness (QED) is 0.383. The Kier molecular flexibility index (Phi) is 13.3. The van der Waals surface area contributed by atoms with Crippen LogP contribution in [0.5, 0.6) is 0 Å². The second-order valence-corrected chi connectivity index (χ2v) is 11.6. The van der Waals surface area contributed by atoms with Crippen LogP contribution in [0.15, 0.2) is 59.7 Å². The van der Waals surface area contributed by atoms with Crippen LogP contribution in [-0.4, -0.2) is 4.21 Å². The fourth-order valence-electron chi connectivity index (χ4n) is 4.42. The summed E-state index contributed by atoms with van der Waals surface area (Å²) in [5.74, 6) is 1.20. The van der Waals surface area contributed by atoms with Crippen molar-refractivity contribution < 1.29 is 49.0 Å². The first kappa shape index (κ1) is 34.1. The van der Waals surface area contributed by atoms with Crippen molar-refractivity contribution in [3.05, 3.63) is 76.9 Å². The van der Waals surface area contributed by atoms with Gasteiger partial charge in [-0.1, -0.05) is 116 Å². The third-order valence-electron chi connectivity index (χ3n) is 6.37. The van der Waals surface area contributed by atoms with E-state index >= 15 is 0 Å². The Bertz CT molecular complexity index is 1100. The smallest absolute Gasteiger partial charge is 1.00 e. The van der Waals surface area contributed by atoms with E-state index in [1.165, 1.54) is 68.1 Å². The van der Waals surface area contributed by atoms with Crippen LogP contribution < -0.4 is 24.8 Å². The first-order valence-electron chi connectivity index (χ1n) is 12.1. The molecule has 0 nitrogen and oxygen atoms in total. The van der Waals surface area contributed by atoms with Crippen LogP contribution in [0.3, 0.4) is 0 Å². The largest absolute Gasteiger partial charge is 1.00 e. The molecule has 0 heterocycles. The second-order valence-electron chi connectivity index (χ2n) is 11.6. The van der Waals surface area contributed by atoms with E-state index in [0.29, 0.717) is 11.8 Å². The van der Waals surface area contributed by atoms with E-state index in [-0.39, 0.29) is 35.6 Å². The van der Waals surface area contributed by atoms with E-state index in [2.05, 4.69) is 128 Å². The molecule has 3 aromatic carbocycles. The molecule has 4 rings (SSSR count). The van der Waals surface area contributed by atoms with Gasteiger partial charge >= 0.3 is 28.4 Å². The zero-order chi connectivity index (χ0) is 25.1. The Morgan fingerprint density at radius 3 is 1.49 bits per heavy atom. The van der Waals surface area contributed by atoms with Gasteiger partial charge in [0.25, 0.3) is 0 Å². The van der Waals surface area contributed by atoms with Crippen LogP contribution in [0.25, 0.3) is 21.5 Å². The monoisotopic (exact) mass is 586 g/mol. The van der Waals surface area contributed by atoms with E-state index < -0.39 is 0 Å². The fourth-order valence-corrected chi connectivity index (χ4v) is 4.42. The Hall–Kier alpha value is -0.877. The average Bonchev–Trinajstić information content (AvgIpc) is 3.26. The molecule has 35 heavy (non-hydrogen) atoms. The molecule has 3 aromatic rings. The molecule has 0 N–H and O–H groups in total. The van der Waals surface area contributed by atoms with Gasteiger partial charge in [0.2, 0.25) is 0 Å². The predicted molar refractivity (Wildman–Crippen MR) is 146 cm³/mol. The minimum absolute atomic E-state index is 0. The van der Waals surface area contributed by atoms with Crippen LogP contribution in [0.4, 0.5) is 0 Å². The van der Waals surface area contributed by atoms with Gasteiger partial charge < -0.3 is 24.8 Å². The average molecular weight is 589 g/mol. The van der Waals surface area contributed by atoms with E-state index in [1.54, 1.807) is 0 Å². The summed E-state index contributed by atoms with van der Waals surface area (Å²) < 4.78 is 3.34. The Balaban J connectivity index is 0.000000705. The molecular formula is C32H42Cl2Zr-2. The molecular weight excluding hydrogens is 546 g/mol. The molecule has 1 unspecified atom stereocenters. The third-order valence-corrected chi connectivity index (χ3v) is 6.37. The molecule has 0 fully saturated rings. The van der Waals surface area contributed by atoms with Crippen LogP contribution in [0.2, 0.25) is 0 Å². The van der Waals surface area contributed by atoms with Gasteiger partial charge in [-0.25, -0.2) is 5.57 Å². The number of benzene rings is 2. The Morgan fingerprint density at radius 1 is 0.829 bits per heavy atom. The number of hydrogen-bond donors (Lipinski definition) is 0. The molecule has 0 radical (unpaired) electrons. The summed E-state index contributed by atoms with van der Waals surface area (Å²) in [7, 11) is 0. The molecule has 0 spiro atoms. The van der Waals surface area contributed by atoms with Crippen molar-refractivity contribution >= 4 is 25.8 Å². The van der Waals surface area contributed by atoms with Gasteiger partial charge in [0.05, 0.1) is 0 Å². The van der Waals surface area contributed by atoms with Gasteiger partial charge in [-0.3, -0.25) is 6.08 Å². The van der Waals surface area contributed by atoms with Crippen molar-refractivity contribution in [2.75, 3.05) is 0 Å². The van der Waals surface area contributed by atoms with Crippen LogP contribution in [-0.2, 0) is 35.1 Å². The standard InChI is InChI=1S/C21H25.C10H15.CH2.2ClH.Zr/c1-20(2,3)16-9-7-14-11-15-8-10-17(21(4,5)6)13-19(15)18(14)12-16;1-7(2)10-6-8(3)5-9(10)4;;;;/h7-13H,1-6H3;6-8H,1-4H3;1H2;2*1H;/q2*-1;;;;+2/p-2. The Labute approximate surface area is 242 Å². The zero-order valence-corrected chi connectivity index (χ0v) is 27.2. The molecule has 1 aliphatic carbocycles. The first-order chi connectivity index (χ1) is 15.3. The minimum atomic E-state index is 0. The maximum absolute atomic E-state index is 3.37. The number of fused-ring (bicyclic) bond motifs is 3. The van der Waals surface area contributed by atoms with E-state index in [0.717, 1.165) is 0 Å². The number of allylic oxidation sites excluding steroid dienone is 4. The normalized spacial score (nSPS) is 15.3. The summed E-state index contributed by atoms with van der Waals surface area (Å²) >= 11 is 1.30. The number of rotatable bonds is 1. The predicted octanol–water partition coefficient (Wildman–Crippen LogP) is 3.25. The maximum Gasteiger partial charge on any atom is -1.00 e. The molecule has 3 heteroatoms. The molecule has 1 atom stereocenters. The summed E-state index contributed by atoms with van der Waals surface area (Å²) in [6, 6.07) is 16.1. The number of hydrogen-bond acceptors (Lipinski definition) is 0. The molecule has 0 aliphatic heterocycles. The van der Waals surface area contributed by atoms with Gasteiger partial charge in [-0.05, 0) is 10.8 Å². The SMILES string of the molecule is CC(C)(C)c1ccc2[cH-]c3ccc(C(C)(C)C)cc3c2c1.CC1=[C-]C(C)C=C1C(C)C.[CH2]=[Zr+2].[Cl-].[Cl-]. The van der Waals surface area contributed by atoms with Crippen molar-refractivity contribution in [3.8, 4) is 0 Å². The minimum Gasteiger partial charge on any atom is -1.00 e. The van der Waals surface area contributed by atoms with Gasteiger partial charge in [-0.2, -0.15) is 11.6 Å². The van der Waals surface area contributed by atoms with E-state index in [9.17, 15) is 0 Å². The molecule has 1 aliphatic rings. The summed E-state index contributed by atoms with van der Waals surface area (Å²) in [6.45, 7) is 22.5.